The molecule has 0 spiro atoms. The molecule has 0 aliphatic carbocycles. The number of benzene rings is 1. The molecule has 0 radical (unpaired) electrons. The van der Waals surface area contributed by atoms with Gasteiger partial charge >= 0.3 is 0 Å². The predicted octanol–water partition coefficient (Wildman–Crippen LogP) is 4.60. The molecule has 0 fully saturated rings. The summed E-state index contributed by atoms with van der Waals surface area (Å²) in [5.41, 5.74) is 5.86. The largest absolute Gasteiger partial charge is 0.312 e. The summed E-state index contributed by atoms with van der Waals surface area (Å²) >= 11 is 0. The summed E-state index contributed by atoms with van der Waals surface area (Å²) < 4.78 is 0. The van der Waals surface area contributed by atoms with Crippen LogP contribution in [0.3, 0.4) is 0 Å². The fraction of sp³-hybridized carbons (Fsp3) is 0.556. The molecule has 19 heavy (non-hydrogen) atoms. The van der Waals surface area contributed by atoms with Crippen LogP contribution in [0.2, 0.25) is 0 Å². The number of rotatable bonds is 5. The third-order valence-electron chi connectivity index (χ3n) is 3.20. The van der Waals surface area contributed by atoms with E-state index in [2.05, 4.69) is 71.1 Å². The van der Waals surface area contributed by atoms with Crippen molar-refractivity contribution >= 4 is 6.08 Å². The van der Waals surface area contributed by atoms with Crippen LogP contribution in [0.5, 0.6) is 0 Å². The van der Waals surface area contributed by atoms with Gasteiger partial charge in [-0.2, -0.15) is 0 Å². The molecule has 0 amide bonds. The maximum Gasteiger partial charge on any atom is 0.0165 e. The van der Waals surface area contributed by atoms with E-state index in [4.69, 9.17) is 0 Å². The highest BCUT2D eigenvalue weighted by molar-refractivity contribution is 5.57. The van der Waals surface area contributed by atoms with Crippen LogP contribution in [0.1, 0.15) is 51.3 Å². The molecule has 0 saturated carbocycles. The Hall–Kier alpha value is -1.08. The molecule has 1 N–H and O–H groups in total. The van der Waals surface area contributed by atoms with Crippen molar-refractivity contribution < 1.29 is 0 Å². The summed E-state index contributed by atoms with van der Waals surface area (Å²) in [5.74, 6) is 0. The highest BCUT2D eigenvalue weighted by Crippen LogP contribution is 2.15. The normalized spacial score (nSPS) is 12.8. The minimum atomic E-state index is 0.346. The fourth-order valence-electron chi connectivity index (χ4n) is 2.07. The van der Waals surface area contributed by atoms with Crippen LogP contribution in [0, 0.1) is 12.3 Å². The van der Waals surface area contributed by atoms with Gasteiger partial charge in [0.1, 0.15) is 0 Å². The first-order chi connectivity index (χ1) is 8.81. The van der Waals surface area contributed by atoms with Crippen molar-refractivity contribution in [3.8, 4) is 0 Å². The third-order valence-corrected chi connectivity index (χ3v) is 3.20. The van der Waals surface area contributed by atoms with Crippen LogP contribution in [0.25, 0.3) is 6.08 Å². The topological polar surface area (TPSA) is 12.0 Å². The molecule has 0 atom stereocenters. The van der Waals surface area contributed by atoms with Gasteiger partial charge < -0.3 is 5.32 Å². The lowest BCUT2D eigenvalue weighted by atomic mass is 9.97. The number of nitrogens with one attached hydrogen (secondary N) is 1. The number of hydrogen-bond donors (Lipinski definition) is 1. The maximum atomic E-state index is 3.52. The molecule has 1 heteroatoms. The summed E-state index contributed by atoms with van der Waals surface area (Å²) in [6, 6.07) is 6.76. The summed E-state index contributed by atoms with van der Waals surface area (Å²) in [6.07, 6.45) is 3.40. The van der Waals surface area contributed by atoms with E-state index in [1.165, 1.54) is 22.3 Å². The highest BCUT2D eigenvalue weighted by Gasteiger charge is 2.08. The van der Waals surface area contributed by atoms with Gasteiger partial charge in [-0.1, -0.05) is 57.5 Å². The van der Waals surface area contributed by atoms with Crippen LogP contribution < -0.4 is 5.32 Å². The zero-order valence-electron chi connectivity index (χ0n) is 13.4. The zero-order valence-corrected chi connectivity index (χ0v) is 13.4. The van der Waals surface area contributed by atoms with Crippen LogP contribution in [-0.4, -0.2) is 13.1 Å². The average molecular weight is 259 g/mol. The molecule has 1 aromatic rings. The zero-order chi connectivity index (χ0) is 14.5. The molecule has 1 rings (SSSR count). The monoisotopic (exact) mass is 259 g/mol. The van der Waals surface area contributed by atoms with Crippen molar-refractivity contribution in [3.05, 3.63) is 40.5 Å². The van der Waals surface area contributed by atoms with E-state index in [0.29, 0.717) is 5.41 Å². The van der Waals surface area contributed by atoms with Crippen molar-refractivity contribution in [1.82, 2.24) is 5.32 Å². The van der Waals surface area contributed by atoms with Crippen molar-refractivity contribution in [2.24, 2.45) is 5.41 Å². The summed E-state index contributed by atoms with van der Waals surface area (Å²) in [6.45, 7) is 15.4. The van der Waals surface area contributed by atoms with Gasteiger partial charge in [0.05, 0.1) is 0 Å². The van der Waals surface area contributed by atoms with E-state index in [-0.39, 0.29) is 0 Å². The Balaban J connectivity index is 2.63. The second-order valence-corrected chi connectivity index (χ2v) is 6.70. The molecule has 0 saturated heterocycles. The van der Waals surface area contributed by atoms with E-state index in [0.717, 1.165) is 19.5 Å². The highest BCUT2D eigenvalue weighted by atomic mass is 14.9. The lowest BCUT2D eigenvalue weighted by molar-refractivity contribution is 0.387. The SMILES string of the molecule is CCc1ccc(/C=C(\C)CNCC(C)(C)C)c(C)c1. The minimum Gasteiger partial charge on any atom is -0.312 e. The molecule has 0 aromatic heterocycles. The summed E-state index contributed by atoms with van der Waals surface area (Å²) in [7, 11) is 0. The molecular weight excluding hydrogens is 230 g/mol. The molecule has 1 aromatic carbocycles. The van der Waals surface area contributed by atoms with Crippen molar-refractivity contribution in [2.75, 3.05) is 13.1 Å². The molecule has 106 valence electrons. The molecule has 1 nitrogen and oxygen atoms in total. The van der Waals surface area contributed by atoms with Gasteiger partial charge in [0.15, 0.2) is 0 Å². The van der Waals surface area contributed by atoms with Crippen molar-refractivity contribution in [1.29, 1.82) is 0 Å². The molecule has 0 aliphatic heterocycles. The first-order valence-electron chi connectivity index (χ1n) is 7.29. The van der Waals surface area contributed by atoms with Gasteiger partial charge in [-0.3, -0.25) is 0 Å². The summed E-state index contributed by atoms with van der Waals surface area (Å²) in [4.78, 5) is 0. The predicted molar refractivity (Wildman–Crippen MR) is 86.5 cm³/mol. The van der Waals surface area contributed by atoms with E-state index >= 15 is 0 Å². The van der Waals surface area contributed by atoms with E-state index in [9.17, 15) is 0 Å². The average Bonchev–Trinajstić information content (AvgIpc) is 2.30. The second-order valence-electron chi connectivity index (χ2n) is 6.70. The van der Waals surface area contributed by atoms with Gasteiger partial charge in [0.25, 0.3) is 0 Å². The van der Waals surface area contributed by atoms with E-state index in [1.807, 2.05) is 0 Å². The van der Waals surface area contributed by atoms with Gasteiger partial charge in [-0.05, 0) is 42.4 Å². The van der Waals surface area contributed by atoms with Gasteiger partial charge in [-0.15, -0.1) is 0 Å². The van der Waals surface area contributed by atoms with Gasteiger partial charge in [0, 0.05) is 13.1 Å². The third kappa shape index (κ3) is 6.07. The van der Waals surface area contributed by atoms with Crippen molar-refractivity contribution in [2.45, 2.75) is 48.0 Å². The molecule has 0 unspecified atom stereocenters. The first kappa shape index (κ1) is 16.0. The van der Waals surface area contributed by atoms with Crippen LogP contribution in [-0.2, 0) is 6.42 Å². The molecular formula is C18H29N. The lowest BCUT2D eigenvalue weighted by Crippen LogP contribution is -2.28. The Morgan fingerprint density at radius 2 is 1.95 bits per heavy atom. The van der Waals surface area contributed by atoms with Crippen LogP contribution >= 0.6 is 0 Å². The quantitative estimate of drug-likeness (QED) is 0.815. The molecule has 0 aliphatic rings. The molecule has 0 heterocycles. The smallest absolute Gasteiger partial charge is 0.0165 e. The summed E-state index contributed by atoms with van der Waals surface area (Å²) in [5, 5.41) is 3.52. The van der Waals surface area contributed by atoms with Crippen LogP contribution in [0.4, 0.5) is 0 Å². The van der Waals surface area contributed by atoms with Crippen LogP contribution in [0.15, 0.2) is 23.8 Å². The van der Waals surface area contributed by atoms with E-state index < -0.39 is 0 Å². The second kappa shape index (κ2) is 6.91. The van der Waals surface area contributed by atoms with Gasteiger partial charge in [0.2, 0.25) is 0 Å². The standard InChI is InChI=1S/C18H29N/c1-7-16-8-9-17(15(3)11-16)10-14(2)12-19-13-18(4,5)6/h8-11,19H,7,12-13H2,1-6H3/b14-10+. The fourth-order valence-corrected chi connectivity index (χ4v) is 2.07. The number of aryl methyl sites for hydroxylation is 2. The lowest BCUT2D eigenvalue weighted by Gasteiger charge is -2.19. The Morgan fingerprint density at radius 3 is 2.47 bits per heavy atom. The Morgan fingerprint density at radius 1 is 1.26 bits per heavy atom. The maximum absolute atomic E-state index is 3.52. The van der Waals surface area contributed by atoms with Crippen molar-refractivity contribution in [3.63, 3.8) is 0 Å². The number of hydrogen-bond acceptors (Lipinski definition) is 1. The van der Waals surface area contributed by atoms with E-state index in [1.54, 1.807) is 0 Å². The Bertz CT molecular complexity index is 435. The van der Waals surface area contributed by atoms with Gasteiger partial charge in [-0.25, -0.2) is 0 Å². The Kier molecular flexibility index (Phi) is 5.81. The first-order valence-corrected chi connectivity index (χ1v) is 7.29. The Labute approximate surface area is 119 Å². The molecule has 0 bridgehead atoms. The minimum absolute atomic E-state index is 0.346.